The van der Waals surface area contributed by atoms with Gasteiger partial charge in [-0.1, -0.05) is 27.7 Å². The number of hydrogen-bond acceptors (Lipinski definition) is 11. The lowest BCUT2D eigenvalue weighted by atomic mass is 10.0. The maximum absolute atomic E-state index is 12.7. The van der Waals surface area contributed by atoms with Crippen molar-refractivity contribution in [3.63, 3.8) is 0 Å². The summed E-state index contributed by atoms with van der Waals surface area (Å²) in [5.41, 5.74) is 4.40. The fourth-order valence-corrected chi connectivity index (χ4v) is 4.50. The van der Waals surface area contributed by atoms with E-state index in [9.17, 15) is 38.4 Å². The summed E-state index contributed by atoms with van der Waals surface area (Å²) in [5.74, 6) is -3.61. The molecule has 0 bridgehead atoms. The second kappa shape index (κ2) is 25.8. The molecule has 0 spiro atoms. The van der Waals surface area contributed by atoms with Crippen LogP contribution in [0, 0.1) is 11.8 Å². The monoisotopic (exact) mass is 828 g/mol. The van der Waals surface area contributed by atoms with E-state index in [1.165, 1.54) is 13.8 Å². The maximum Gasteiger partial charge on any atom is 0.408 e. The minimum atomic E-state index is -0.970. The summed E-state index contributed by atoms with van der Waals surface area (Å²) in [6.07, 6.45) is -0.584. The highest BCUT2D eigenvalue weighted by atomic mass is 16.6. The van der Waals surface area contributed by atoms with Crippen molar-refractivity contribution in [2.75, 3.05) is 39.3 Å². The molecule has 8 amide bonds. The number of carbonyl (C=O) groups is 8. The lowest BCUT2D eigenvalue weighted by Gasteiger charge is -2.25. The van der Waals surface area contributed by atoms with Gasteiger partial charge in [-0.3, -0.25) is 33.8 Å². The molecule has 0 rings (SSSR count). The number of guanidine groups is 1. The van der Waals surface area contributed by atoms with Gasteiger partial charge in [0.25, 0.3) is 0 Å². The second-order valence-electron chi connectivity index (χ2n) is 16.2. The van der Waals surface area contributed by atoms with E-state index in [0.29, 0.717) is 25.9 Å². The van der Waals surface area contributed by atoms with Crippen molar-refractivity contribution in [3.8, 4) is 0 Å². The number of alkyl carbamates (subject to hydrolysis) is 2. The third-order valence-electron chi connectivity index (χ3n) is 7.51. The largest absolute Gasteiger partial charge is 0.444 e. The Morgan fingerprint density at radius 3 is 1.24 bits per heavy atom. The highest BCUT2D eigenvalue weighted by Crippen LogP contribution is 2.09. The van der Waals surface area contributed by atoms with Crippen LogP contribution in [0.4, 0.5) is 9.59 Å². The Labute approximate surface area is 342 Å². The number of amides is 8. The van der Waals surface area contributed by atoms with E-state index < -0.39 is 83.0 Å². The lowest BCUT2D eigenvalue weighted by Crippen LogP contribution is -2.55. The van der Waals surface area contributed by atoms with Gasteiger partial charge in [-0.05, 0) is 80.1 Å². The Morgan fingerprint density at radius 1 is 0.517 bits per heavy atom. The Balaban J connectivity index is 4.41. The van der Waals surface area contributed by atoms with E-state index >= 15 is 0 Å². The molecule has 0 heterocycles. The van der Waals surface area contributed by atoms with Crippen LogP contribution in [0.1, 0.15) is 95.9 Å². The van der Waals surface area contributed by atoms with Crippen LogP contribution in [0.3, 0.4) is 0 Å². The molecule has 11 N–H and O–H groups in total. The first-order chi connectivity index (χ1) is 26.7. The molecule has 0 aliphatic heterocycles. The molecule has 0 aromatic rings. The molecule has 0 radical (unpaired) electrons. The summed E-state index contributed by atoms with van der Waals surface area (Å²) in [6, 6.07) is -3.83. The average molecular weight is 828 g/mol. The van der Waals surface area contributed by atoms with Crippen LogP contribution in [0.25, 0.3) is 0 Å². The van der Waals surface area contributed by atoms with Crippen LogP contribution >= 0.6 is 0 Å². The second-order valence-corrected chi connectivity index (χ2v) is 16.2. The summed E-state index contributed by atoms with van der Waals surface area (Å²) in [7, 11) is 0. The number of aliphatic imine (C=N–C) groups is 1. The standard InChI is InChI=1S/C37H69N11O10/c1-21(2)27(47-29(51)23(5)45-34(55)57-36(7,8)9)31(53)43-19-25(49)39-15-13-17-41-33(38)42-18-14-16-40-26(50)20-44-32(54)28(22(3)4)48-30(52)24(6)46-35(56)58-37(10,11)12/h21-24,27-28H,13-20H2,1-12H3,(H,39,49)(H,40,50)(H,43,53)(H,44,54)(H,45,55)(H,46,56)(H,47,51)(H,48,52)(H3,38,41,42)/t23-,24-,27-,28-/m0/s1. The van der Waals surface area contributed by atoms with E-state index in [0.717, 1.165) is 0 Å². The zero-order valence-corrected chi connectivity index (χ0v) is 36.2. The van der Waals surface area contributed by atoms with Gasteiger partial charge < -0.3 is 63.1 Å². The van der Waals surface area contributed by atoms with E-state index in [1.807, 2.05) is 0 Å². The fraction of sp³-hybridized carbons (Fsp3) is 0.757. The zero-order valence-electron chi connectivity index (χ0n) is 36.2. The molecule has 332 valence electrons. The predicted octanol–water partition coefficient (Wildman–Crippen LogP) is -0.756. The normalized spacial score (nSPS) is 13.8. The Hall–Kier alpha value is -5.37. The maximum atomic E-state index is 12.7. The van der Waals surface area contributed by atoms with Crippen molar-refractivity contribution in [2.24, 2.45) is 22.6 Å². The Kier molecular flexibility index (Phi) is 23.4. The number of nitrogens with two attached hydrogens (primary N) is 1. The molecule has 21 nitrogen and oxygen atoms in total. The topological polar surface area (TPSA) is 302 Å². The van der Waals surface area contributed by atoms with E-state index in [1.54, 1.807) is 69.2 Å². The van der Waals surface area contributed by atoms with E-state index in [-0.39, 0.29) is 44.0 Å². The van der Waals surface area contributed by atoms with Gasteiger partial charge >= 0.3 is 12.2 Å². The summed E-state index contributed by atoms with van der Waals surface area (Å²) in [5, 5.41) is 23.3. The molecule has 4 atom stereocenters. The molecular formula is C37H69N11O10. The van der Waals surface area contributed by atoms with Crippen LogP contribution < -0.4 is 53.6 Å². The van der Waals surface area contributed by atoms with Crippen LogP contribution in [-0.4, -0.2) is 128 Å². The van der Waals surface area contributed by atoms with Crippen molar-refractivity contribution in [2.45, 2.75) is 131 Å². The van der Waals surface area contributed by atoms with Crippen LogP contribution in [0.15, 0.2) is 4.99 Å². The first kappa shape index (κ1) is 52.6. The molecule has 0 fully saturated rings. The van der Waals surface area contributed by atoms with E-state index in [2.05, 4.69) is 52.8 Å². The van der Waals surface area contributed by atoms with Crippen molar-refractivity contribution in [1.82, 2.24) is 47.9 Å². The number of ether oxygens (including phenoxy) is 2. The summed E-state index contributed by atoms with van der Waals surface area (Å²) < 4.78 is 10.3. The van der Waals surface area contributed by atoms with Gasteiger partial charge in [0.05, 0.1) is 13.1 Å². The van der Waals surface area contributed by atoms with Crippen LogP contribution in [0.2, 0.25) is 0 Å². The SMILES string of the molecule is CC(C)[C@H](NC(=O)[C@H](C)NC(=O)OC(C)(C)C)C(=O)NCC(=O)NCCCN=C(N)NCCCNC(=O)CNC(=O)[C@@H](NC(=O)[C@H](C)NC(=O)OC(C)(C)C)C(C)C. The van der Waals surface area contributed by atoms with Crippen molar-refractivity contribution < 1.29 is 47.8 Å². The Bertz CT molecular complexity index is 1420. The van der Waals surface area contributed by atoms with Crippen molar-refractivity contribution in [1.29, 1.82) is 0 Å². The highest BCUT2D eigenvalue weighted by Gasteiger charge is 2.29. The number of nitrogens with one attached hydrogen (secondary N) is 9. The molecule has 58 heavy (non-hydrogen) atoms. The number of rotatable bonds is 22. The van der Waals surface area contributed by atoms with Crippen molar-refractivity contribution >= 4 is 53.6 Å². The quantitative estimate of drug-likeness (QED) is 0.0366. The van der Waals surface area contributed by atoms with Gasteiger partial charge in [0.1, 0.15) is 35.4 Å². The highest BCUT2D eigenvalue weighted by molar-refractivity contribution is 5.94. The van der Waals surface area contributed by atoms with Crippen LogP contribution in [-0.2, 0) is 38.2 Å². The minimum absolute atomic E-state index is 0.173. The summed E-state index contributed by atoms with van der Waals surface area (Å²) in [4.78, 5) is 103. The van der Waals surface area contributed by atoms with Gasteiger partial charge in [-0.25, -0.2) is 9.59 Å². The predicted molar refractivity (Wildman–Crippen MR) is 217 cm³/mol. The number of nitrogens with zero attached hydrogens (tertiary/aromatic N) is 1. The van der Waals surface area contributed by atoms with Crippen LogP contribution in [0.5, 0.6) is 0 Å². The van der Waals surface area contributed by atoms with Gasteiger partial charge in [-0.2, -0.15) is 0 Å². The first-order valence-electron chi connectivity index (χ1n) is 19.4. The smallest absolute Gasteiger partial charge is 0.408 e. The number of hydrogen-bond donors (Lipinski definition) is 10. The van der Waals surface area contributed by atoms with Gasteiger partial charge in [0.15, 0.2) is 5.96 Å². The third kappa shape index (κ3) is 25.0. The molecule has 21 heteroatoms. The van der Waals surface area contributed by atoms with E-state index in [4.69, 9.17) is 15.2 Å². The number of carbonyl (C=O) groups excluding carboxylic acids is 8. The van der Waals surface area contributed by atoms with Gasteiger partial charge in [0.2, 0.25) is 35.4 Å². The molecule has 0 saturated carbocycles. The molecule has 0 unspecified atom stereocenters. The lowest BCUT2D eigenvalue weighted by molar-refractivity contribution is -0.132. The van der Waals surface area contributed by atoms with Gasteiger partial charge in [0, 0.05) is 26.2 Å². The van der Waals surface area contributed by atoms with Crippen molar-refractivity contribution in [3.05, 3.63) is 0 Å². The third-order valence-corrected chi connectivity index (χ3v) is 7.51. The molecule has 0 saturated heterocycles. The fourth-order valence-electron chi connectivity index (χ4n) is 4.50. The summed E-state index contributed by atoms with van der Waals surface area (Å²) in [6.45, 7) is 20.6. The van der Waals surface area contributed by atoms with Gasteiger partial charge in [-0.15, -0.1) is 0 Å². The average Bonchev–Trinajstić information content (AvgIpc) is 3.08. The molecule has 0 aliphatic carbocycles. The molecular weight excluding hydrogens is 758 g/mol. The molecule has 0 aromatic heterocycles. The molecule has 0 aromatic carbocycles. The zero-order chi connectivity index (χ0) is 44.8. The molecule has 0 aliphatic rings. The Morgan fingerprint density at radius 2 is 0.879 bits per heavy atom. The minimum Gasteiger partial charge on any atom is -0.444 e. The summed E-state index contributed by atoms with van der Waals surface area (Å²) >= 11 is 0. The first-order valence-corrected chi connectivity index (χ1v) is 19.4.